The van der Waals surface area contributed by atoms with E-state index < -0.39 is 5.82 Å². The van der Waals surface area contributed by atoms with Crippen LogP contribution >= 0.6 is 11.3 Å². The maximum absolute atomic E-state index is 14.1. The van der Waals surface area contributed by atoms with Crippen LogP contribution in [0.2, 0.25) is 0 Å². The largest absolute Gasteiger partial charge is 0.488 e. The molecule has 2 aromatic rings. The second kappa shape index (κ2) is 10.0. The highest BCUT2D eigenvalue weighted by Crippen LogP contribution is 2.34. The van der Waals surface area contributed by atoms with E-state index in [0.29, 0.717) is 6.54 Å². The van der Waals surface area contributed by atoms with E-state index in [1.807, 2.05) is 30.2 Å². The molecule has 1 aromatic carbocycles. The number of thiophene rings is 1. The number of hydrogen-bond donors (Lipinski definition) is 0. The third kappa shape index (κ3) is 4.82. The van der Waals surface area contributed by atoms with Crippen molar-refractivity contribution in [2.75, 3.05) is 19.7 Å². The van der Waals surface area contributed by atoms with Crippen LogP contribution in [0.3, 0.4) is 0 Å². The molecule has 0 radical (unpaired) electrons. The van der Waals surface area contributed by atoms with Crippen molar-refractivity contribution in [3.05, 3.63) is 52.0 Å². The first-order valence-corrected chi connectivity index (χ1v) is 12.4. The van der Waals surface area contributed by atoms with Gasteiger partial charge in [0.2, 0.25) is 11.8 Å². The summed E-state index contributed by atoms with van der Waals surface area (Å²) in [4.78, 5) is 31.3. The number of para-hydroxylation sites is 1. The predicted molar refractivity (Wildman–Crippen MR) is 123 cm³/mol. The summed E-state index contributed by atoms with van der Waals surface area (Å²) in [5.41, 5.74) is 1.06. The van der Waals surface area contributed by atoms with Gasteiger partial charge in [0.05, 0.1) is 6.04 Å². The van der Waals surface area contributed by atoms with Gasteiger partial charge in [-0.05, 0) is 62.3 Å². The molecule has 172 valence electrons. The van der Waals surface area contributed by atoms with Crippen molar-refractivity contribution in [2.45, 2.75) is 58.0 Å². The minimum atomic E-state index is -0.417. The Morgan fingerprint density at radius 2 is 1.97 bits per heavy atom. The summed E-state index contributed by atoms with van der Waals surface area (Å²) < 4.78 is 19.9. The second-order valence-corrected chi connectivity index (χ2v) is 9.94. The molecule has 1 aromatic heterocycles. The Morgan fingerprint density at radius 1 is 1.22 bits per heavy atom. The number of halogens is 1. The number of hydrogen-bond acceptors (Lipinski definition) is 4. The van der Waals surface area contributed by atoms with Crippen molar-refractivity contribution in [3.8, 4) is 5.75 Å². The van der Waals surface area contributed by atoms with E-state index in [0.717, 1.165) is 37.7 Å². The van der Waals surface area contributed by atoms with Gasteiger partial charge < -0.3 is 14.5 Å². The van der Waals surface area contributed by atoms with Crippen LogP contribution < -0.4 is 4.74 Å². The Bertz CT molecular complexity index is 954. The lowest BCUT2D eigenvalue weighted by Crippen LogP contribution is -2.50. The highest BCUT2D eigenvalue weighted by atomic mass is 32.1. The molecule has 2 amide bonds. The van der Waals surface area contributed by atoms with E-state index in [1.165, 1.54) is 10.9 Å². The molecule has 1 atom stereocenters. The van der Waals surface area contributed by atoms with Crippen molar-refractivity contribution >= 4 is 23.2 Å². The molecule has 7 heteroatoms. The lowest BCUT2D eigenvalue weighted by atomic mass is 10.00. The Hall–Kier alpha value is -2.41. The molecule has 1 saturated carbocycles. The normalized spacial score (nSPS) is 18.6. The van der Waals surface area contributed by atoms with Crippen LogP contribution in [0, 0.1) is 11.7 Å². The summed E-state index contributed by atoms with van der Waals surface area (Å²) in [6.07, 6.45) is 4.78. The molecule has 2 heterocycles. The molecule has 0 saturated heterocycles. The van der Waals surface area contributed by atoms with E-state index >= 15 is 0 Å². The van der Waals surface area contributed by atoms with Crippen LogP contribution in [0.5, 0.6) is 5.75 Å². The van der Waals surface area contributed by atoms with Crippen molar-refractivity contribution in [1.82, 2.24) is 9.80 Å². The van der Waals surface area contributed by atoms with Gasteiger partial charge in [-0.25, -0.2) is 4.39 Å². The van der Waals surface area contributed by atoms with Crippen LogP contribution in [0.25, 0.3) is 0 Å². The molecule has 1 fully saturated rings. The van der Waals surface area contributed by atoms with Gasteiger partial charge >= 0.3 is 0 Å². The van der Waals surface area contributed by atoms with Crippen LogP contribution in [0.1, 0.15) is 56.0 Å². The average Bonchev–Trinajstić information content (AvgIpc) is 3.48. The van der Waals surface area contributed by atoms with Crippen molar-refractivity contribution in [2.24, 2.45) is 5.92 Å². The van der Waals surface area contributed by atoms with Gasteiger partial charge in [0.25, 0.3) is 0 Å². The van der Waals surface area contributed by atoms with Gasteiger partial charge in [0.15, 0.2) is 11.6 Å². The fourth-order valence-corrected chi connectivity index (χ4v) is 5.69. The molecule has 0 bridgehead atoms. The average molecular weight is 459 g/mol. The molecule has 2 aliphatic rings. The molecule has 5 nitrogen and oxygen atoms in total. The molecular formula is C25H31FN2O3S. The number of ether oxygens (including phenoxy) is 1. The topological polar surface area (TPSA) is 49.9 Å². The van der Waals surface area contributed by atoms with Crippen molar-refractivity contribution in [1.29, 1.82) is 0 Å². The number of benzene rings is 1. The SMILES string of the molecule is CC(C)N(CC(=O)N1CCc2sccc2[C@@H]1COc1ccccc1F)C(=O)C1CCCC1. The van der Waals surface area contributed by atoms with Gasteiger partial charge in [-0.1, -0.05) is 25.0 Å². The molecular weight excluding hydrogens is 427 g/mol. The summed E-state index contributed by atoms with van der Waals surface area (Å²) in [6.45, 7) is 4.75. The first kappa shape index (κ1) is 22.8. The van der Waals surface area contributed by atoms with Gasteiger partial charge in [0.1, 0.15) is 13.2 Å². The molecule has 0 N–H and O–H groups in total. The van der Waals surface area contributed by atoms with E-state index in [1.54, 1.807) is 34.4 Å². The highest BCUT2D eigenvalue weighted by Gasteiger charge is 2.35. The number of fused-ring (bicyclic) bond motifs is 1. The van der Waals surface area contributed by atoms with E-state index in [2.05, 4.69) is 0 Å². The third-order valence-electron chi connectivity index (χ3n) is 6.57. The standard InChI is InChI=1S/C25H31FN2O3S/c1-17(2)28(25(30)18-7-3-4-8-18)15-24(29)27-13-11-23-19(12-14-32-23)21(27)16-31-22-10-6-5-9-20(22)26/h5-6,9-10,12,14,17-18,21H,3-4,7-8,11,13,15-16H2,1-2H3/t21-/m0/s1. The minimum Gasteiger partial charge on any atom is -0.488 e. The monoisotopic (exact) mass is 458 g/mol. The Labute approximate surface area is 193 Å². The Kier molecular flexibility index (Phi) is 7.13. The van der Waals surface area contributed by atoms with E-state index in [9.17, 15) is 14.0 Å². The molecule has 1 aliphatic heterocycles. The number of nitrogens with zero attached hydrogens (tertiary/aromatic N) is 2. The van der Waals surface area contributed by atoms with Crippen LogP contribution in [0.4, 0.5) is 4.39 Å². The van der Waals surface area contributed by atoms with E-state index in [-0.39, 0.29) is 48.7 Å². The van der Waals surface area contributed by atoms with Gasteiger partial charge in [-0.3, -0.25) is 9.59 Å². The fraction of sp³-hybridized carbons (Fsp3) is 0.520. The summed E-state index contributed by atoms with van der Waals surface area (Å²) in [5.74, 6) is -0.181. The fourth-order valence-electron chi connectivity index (χ4n) is 4.76. The predicted octanol–water partition coefficient (Wildman–Crippen LogP) is 4.82. The third-order valence-corrected chi connectivity index (χ3v) is 7.56. The zero-order valence-corrected chi connectivity index (χ0v) is 19.6. The van der Waals surface area contributed by atoms with Crippen molar-refractivity contribution < 1.29 is 18.7 Å². The molecule has 32 heavy (non-hydrogen) atoms. The number of carbonyl (C=O) groups is 2. The number of carbonyl (C=O) groups excluding carboxylic acids is 2. The molecule has 0 unspecified atom stereocenters. The molecule has 4 rings (SSSR count). The zero-order chi connectivity index (χ0) is 22.7. The zero-order valence-electron chi connectivity index (χ0n) is 18.8. The summed E-state index contributed by atoms with van der Waals surface area (Å²) >= 11 is 1.68. The smallest absolute Gasteiger partial charge is 0.242 e. The highest BCUT2D eigenvalue weighted by molar-refractivity contribution is 7.10. The second-order valence-electron chi connectivity index (χ2n) is 8.93. The van der Waals surface area contributed by atoms with Crippen LogP contribution in [0.15, 0.2) is 35.7 Å². The molecule has 1 aliphatic carbocycles. The Balaban J connectivity index is 1.51. The van der Waals surface area contributed by atoms with E-state index in [4.69, 9.17) is 4.74 Å². The van der Waals surface area contributed by atoms with Crippen LogP contribution in [-0.2, 0) is 16.0 Å². The Morgan fingerprint density at radius 3 is 2.69 bits per heavy atom. The maximum atomic E-state index is 14.1. The molecule has 0 spiro atoms. The van der Waals surface area contributed by atoms with Crippen molar-refractivity contribution in [3.63, 3.8) is 0 Å². The lowest BCUT2D eigenvalue weighted by Gasteiger charge is -2.38. The maximum Gasteiger partial charge on any atom is 0.242 e. The summed E-state index contributed by atoms with van der Waals surface area (Å²) in [6, 6.07) is 8.00. The first-order valence-electron chi connectivity index (χ1n) is 11.5. The van der Waals surface area contributed by atoms with Crippen LogP contribution in [-0.4, -0.2) is 47.4 Å². The van der Waals surface area contributed by atoms with Gasteiger partial charge in [-0.15, -0.1) is 11.3 Å². The summed E-state index contributed by atoms with van der Waals surface area (Å²) in [5, 5.41) is 2.03. The number of amides is 2. The van der Waals surface area contributed by atoms with Gasteiger partial charge in [0, 0.05) is 23.4 Å². The lowest BCUT2D eigenvalue weighted by molar-refractivity contribution is -0.146. The quantitative estimate of drug-likeness (QED) is 0.598. The van der Waals surface area contributed by atoms with Gasteiger partial charge in [-0.2, -0.15) is 0 Å². The summed E-state index contributed by atoms with van der Waals surface area (Å²) in [7, 11) is 0. The first-order chi connectivity index (χ1) is 15.5. The minimum absolute atomic E-state index is 0.0372. The number of rotatable bonds is 7.